The average Bonchev–Trinajstić information content (AvgIpc) is 3.10. The lowest BCUT2D eigenvalue weighted by Gasteiger charge is -2.24. The van der Waals surface area contributed by atoms with Gasteiger partial charge in [0.1, 0.15) is 6.04 Å². The number of amides is 2. The Hall–Kier alpha value is -0.810. The number of nitrogens with two attached hydrogens (primary N) is 1. The van der Waals surface area contributed by atoms with Gasteiger partial charge in [0.25, 0.3) is 0 Å². The monoisotopic (exact) mass is 317 g/mol. The Labute approximate surface area is 133 Å². The number of unbranched alkanes of at least 4 members (excludes halogenated alkanes) is 3. The molecule has 2 rings (SSSR count). The normalized spacial score (nSPS) is 21.0. The van der Waals surface area contributed by atoms with Crippen LogP contribution in [0.2, 0.25) is 0 Å². The summed E-state index contributed by atoms with van der Waals surface area (Å²) in [6.45, 7) is 1.47. The van der Waals surface area contributed by atoms with Gasteiger partial charge in [0.2, 0.25) is 11.8 Å². The van der Waals surface area contributed by atoms with Crippen molar-refractivity contribution in [3.8, 4) is 0 Å². The van der Waals surface area contributed by atoms with Gasteiger partial charge in [-0.3, -0.25) is 9.59 Å². The summed E-state index contributed by atoms with van der Waals surface area (Å²) in [6.07, 6.45) is 8.60. The molecule has 2 aliphatic rings. The van der Waals surface area contributed by atoms with Crippen molar-refractivity contribution in [1.82, 2.24) is 10.2 Å². The van der Waals surface area contributed by atoms with Crippen LogP contribution >= 0.6 is 12.4 Å². The predicted molar refractivity (Wildman–Crippen MR) is 85.3 cm³/mol. The van der Waals surface area contributed by atoms with Gasteiger partial charge in [-0.1, -0.05) is 12.8 Å². The van der Waals surface area contributed by atoms with Gasteiger partial charge in [-0.05, 0) is 45.1 Å². The Kier molecular flexibility index (Phi) is 8.04. The van der Waals surface area contributed by atoms with Crippen molar-refractivity contribution in [2.24, 2.45) is 5.73 Å². The highest BCUT2D eigenvalue weighted by Crippen LogP contribution is 2.23. The van der Waals surface area contributed by atoms with E-state index in [2.05, 4.69) is 5.32 Å². The standard InChI is InChI=1S/C15H27N3O2.ClH/c16-10-4-2-1-3-7-14(19)18-11-5-6-13(18)15(20)17-12-8-9-12;/h12-13H,1-11,16H2,(H,17,20);1H. The number of hydrogen-bond donors (Lipinski definition) is 2. The molecule has 6 heteroatoms. The van der Waals surface area contributed by atoms with E-state index in [1.54, 1.807) is 4.90 Å². The molecule has 1 aliphatic heterocycles. The number of carbonyl (C=O) groups excluding carboxylic acids is 2. The lowest BCUT2D eigenvalue weighted by molar-refractivity contribution is -0.138. The SMILES string of the molecule is Cl.NCCCCCCC(=O)N1CCCC1C(=O)NC1CC1. The molecule has 1 saturated carbocycles. The smallest absolute Gasteiger partial charge is 0.243 e. The van der Waals surface area contributed by atoms with Gasteiger partial charge in [-0.15, -0.1) is 12.4 Å². The van der Waals surface area contributed by atoms with Gasteiger partial charge in [-0.25, -0.2) is 0 Å². The molecule has 2 amide bonds. The van der Waals surface area contributed by atoms with E-state index in [0.29, 0.717) is 12.5 Å². The van der Waals surface area contributed by atoms with Gasteiger partial charge in [-0.2, -0.15) is 0 Å². The molecule has 1 aliphatic carbocycles. The third-order valence-corrected chi connectivity index (χ3v) is 4.14. The number of rotatable bonds is 8. The van der Waals surface area contributed by atoms with Crippen molar-refractivity contribution in [3.63, 3.8) is 0 Å². The van der Waals surface area contributed by atoms with E-state index < -0.39 is 0 Å². The average molecular weight is 318 g/mol. The van der Waals surface area contributed by atoms with Crippen LogP contribution in [-0.4, -0.2) is 41.9 Å². The summed E-state index contributed by atoms with van der Waals surface area (Å²) in [5, 5.41) is 3.02. The fraction of sp³-hybridized carbons (Fsp3) is 0.867. The molecule has 0 aromatic heterocycles. The van der Waals surface area contributed by atoms with Crippen molar-refractivity contribution in [2.45, 2.75) is 69.9 Å². The molecular formula is C15H28ClN3O2. The number of halogens is 1. The Balaban J connectivity index is 0.00000220. The highest BCUT2D eigenvalue weighted by Gasteiger charge is 2.35. The predicted octanol–water partition coefficient (Wildman–Crippen LogP) is 1.59. The maximum Gasteiger partial charge on any atom is 0.243 e. The molecular weight excluding hydrogens is 290 g/mol. The van der Waals surface area contributed by atoms with Crippen molar-refractivity contribution < 1.29 is 9.59 Å². The van der Waals surface area contributed by atoms with Gasteiger partial charge in [0.05, 0.1) is 0 Å². The first kappa shape index (κ1) is 18.2. The molecule has 2 fully saturated rings. The maximum atomic E-state index is 12.2. The number of nitrogens with one attached hydrogen (secondary N) is 1. The summed E-state index contributed by atoms with van der Waals surface area (Å²) < 4.78 is 0. The third kappa shape index (κ3) is 5.83. The summed E-state index contributed by atoms with van der Waals surface area (Å²) in [5.74, 6) is 0.202. The number of hydrogen-bond acceptors (Lipinski definition) is 3. The third-order valence-electron chi connectivity index (χ3n) is 4.14. The fourth-order valence-electron chi connectivity index (χ4n) is 2.78. The van der Waals surface area contributed by atoms with Crippen LogP contribution in [0.25, 0.3) is 0 Å². The topological polar surface area (TPSA) is 75.4 Å². The minimum Gasteiger partial charge on any atom is -0.352 e. The maximum absolute atomic E-state index is 12.2. The molecule has 0 spiro atoms. The van der Waals surface area contributed by atoms with Crippen LogP contribution in [0.15, 0.2) is 0 Å². The number of nitrogens with zero attached hydrogens (tertiary/aromatic N) is 1. The Morgan fingerprint density at radius 3 is 2.48 bits per heavy atom. The van der Waals surface area contributed by atoms with E-state index in [9.17, 15) is 9.59 Å². The summed E-state index contributed by atoms with van der Waals surface area (Å²) in [7, 11) is 0. The molecule has 3 N–H and O–H groups in total. The van der Waals surface area contributed by atoms with Crippen LogP contribution in [-0.2, 0) is 9.59 Å². The second-order valence-electron chi connectivity index (χ2n) is 5.98. The first-order valence-corrected chi connectivity index (χ1v) is 8.02. The summed E-state index contributed by atoms with van der Waals surface area (Å²) >= 11 is 0. The van der Waals surface area contributed by atoms with Crippen LogP contribution in [0, 0.1) is 0 Å². The number of likely N-dealkylation sites (tertiary alicyclic amines) is 1. The first-order chi connectivity index (χ1) is 9.72. The van der Waals surface area contributed by atoms with Crippen LogP contribution in [0.4, 0.5) is 0 Å². The lowest BCUT2D eigenvalue weighted by atomic mass is 10.1. The Morgan fingerprint density at radius 1 is 1.10 bits per heavy atom. The molecule has 122 valence electrons. The zero-order valence-corrected chi connectivity index (χ0v) is 13.5. The van der Waals surface area contributed by atoms with E-state index in [1.165, 1.54) is 0 Å². The van der Waals surface area contributed by atoms with Crippen molar-refractivity contribution in [2.75, 3.05) is 13.1 Å². The van der Waals surface area contributed by atoms with Gasteiger partial charge in [0.15, 0.2) is 0 Å². The highest BCUT2D eigenvalue weighted by molar-refractivity contribution is 5.88. The molecule has 0 aromatic rings. The zero-order chi connectivity index (χ0) is 14.4. The summed E-state index contributed by atoms with van der Waals surface area (Å²) in [4.78, 5) is 26.1. The summed E-state index contributed by atoms with van der Waals surface area (Å²) in [6, 6.07) is 0.156. The molecule has 0 radical (unpaired) electrons. The van der Waals surface area contributed by atoms with Crippen molar-refractivity contribution in [3.05, 3.63) is 0 Å². The minimum absolute atomic E-state index is 0. The molecule has 1 unspecified atom stereocenters. The molecule has 21 heavy (non-hydrogen) atoms. The molecule has 1 heterocycles. The van der Waals surface area contributed by atoms with Crippen LogP contribution in [0.3, 0.4) is 0 Å². The molecule has 5 nitrogen and oxygen atoms in total. The number of carbonyl (C=O) groups is 2. The molecule has 1 atom stereocenters. The zero-order valence-electron chi connectivity index (χ0n) is 12.7. The van der Waals surface area contributed by atoms with E-state index >= 15 is 0 Å². The van der Waals surface area contributed by atoms with E-state index in [1.807, 2.05) is 0 Å². The fourth-order valence-corrected chi connectivity index (χ4v) is 2.78. The second kappa shape index (κ2) is 9.26. The van der Waals surface area contributed by atoms with E-state index in [4.69, 9.17) is 5.73 Å². The van der Waals surface area contributed by atoms with Crippen LogP contribution < -0.4 is 11.1 Å². The first-order valence-electron chi connectivity index (χ1n) is 8.02. The largest absolute Gasteiger partial charge is 0.352 e. The van der Waals surface area contributed by atoms with Gasteiger partial charge in [0, 0.05) is 19.0 Å². The van der Waals surface area contributed by atoms with E-state index in [-0.39, 0.29) is 30.3 Å². The second-order valence-corrected chi connectivity index (χ2v) is 5.98. The molecule has 0 aromatic carbocycles. The molecule has 0 bridgehead atoms. The minimum atomic E-state index is -0.216. The summed E-state index contributed by atoms with van der Waals surface area (Å²) in [5.41, 5.74) is 5.45. The van der Waals surface area contributed by atoms with Gasteiger partial charge >= 0.3 is 0 Å². The van der Waals surface area contributed by atoms with Gasteiger partial charge < -0.3 is 16.0 Å². The Morgan fingerprint density at radius 2 is 1.81 bits per heavy atom. The van der Waals surface area contributed by atoms with Crippen molar-refractivity contribution >= 4 is 24.2 Å². The van der Waals surface area contributed by atoms with Crippen LogP contribution in [0.1, 0.15) is 57.8 Å². The van der Waals surface area contributed by atoms with Crippen molar-refractivity contribution in [1.29, 1.82) is 0 Å². The molecule has 1 saturated heterocycles. The Bertz CT molecular complexity index is 348. The van der Waals surface area contributed by atoms with E-state index in [0.717, 1.165) is 64.5 Å². The quantitative estimate of drug-likeness (QED) is 0.667. The highest BCUT2D eigenvalue weighted by atomic mass is 35.5. The lowest BCUT2D eigenvalue weighted by Crippen LogP contribution is -2.46. The van der Waals surface area contributed by atoms with Crippen LogP contribution in [0.5, 0.6) is 0 Å².